The van der Waals surface area contributed by atoms with E-state index in [2.05, 4.69) is 10.3 Å². The number of nitrogen functional groups attached to an aromatic ring is 1. The summed E-state index contributed by atoms with van der Waals surface area (Å²) in [5, 5.41) is 13.0. The minimum Gasteiger partial charge on any atom is -0.397 e. The van der Waals surface area contributed by atoms with Crippen molar-refractivity contribution in [2.75, 3.05) is 11.1 Å². The molecule has 0 aliphatic rings. The van der Waals surface area contributed by atoms with Crippen LogP contribution < -0.4 is 11.1 Å². The van der Waals surface area contributed by atoms with Crippen molar-refractivity contribution in [2.24, 2.45) is 0 Å². The summed E-state index contributed by atoms with van der Waals surface area (Å²) >= 11 is 17.8. The second-order valence-electron chi connectivity index (χ2n) is 3.65. The molecule has 1 heterocycles. The van der Waals surface area contributed by atoms with Crippen LogP contribution in [0.2, 0.25) is 15.1 Å². The van der Waals surface area contributed by atoms with Crippen LogP contribution in [0.1, 0.15) is 5.56 Å². The lowest BCUT2D eigenvalue weighted by molar-refractivity contribution is 1.29. The van der Waals surface area contributed by atoms with Crippen LogP contribution in [0, 0.1) is 11.3 Å². The maximum Gasteiger partial charge on any atom is 0.148 e. The largest absolute Gasteiger partial charge is 0.397 e. The molecule has 0 bridgehead atoms. The van der Waals surface area contributed by atoms with Gasteiger partial charge in [-0.15, -0.1) is 0 Å². The molecule has 0 aliphatic heterocycles. The third-order valence-electron chi connectivity index (χ3n) is 2.29. The van der Waals surface area contributed by atoms with Gasteiger partial charge in [-0.2, -0.15) is 5.26 Å². The summed E-state index contributed by atoms with van der Waals surface area (Å²) < 4.78 is 0. The molecule has 0 radical (unpaired) electrons. The fourth-order valence-corrected chi connectivity index (χ4v) is 2.01. The molecule has 0 saturated carbocycles. The van der Waals surface area contributed by atoms with Crippen LogP contribution >= 0.6 is 34.8 Å². The van der Waals surface area contributed by atoms with Crippen molar-refractivity contribution >= 4 is 52.0 Å². The zero-order chi connectivity index (χ0) is 14.0. The molecule has 19 heavy (non-hydrogen) atoms. The highest BCUT2D eigenvalue weighted by molar-refractivity contribution is 6.44. The molecule has 0 aliphatic carbocycles. The Morgan fingerprint density at radius 3 is 2.47 bits per heavy atom. The molecule has 1 aromatic heterocycles. The van der Waals surface area contributed by atoms with Crippen molar-refractivity contribution in [1.29, 1.82) is 5.26 Å². The summed E-state index contributed by atoms with van der Waals surface area (Å²) in [5.41, 5.74) is 6.78. The van der Waals surface area contributed by atoms with E-state index in [1.807, 2.05) is 6.07 Å². The standard InChI is InChI=1S/C12H7Cl3N4/c13-8-2-10(15)11(3-9(8)14)19-12-6(4-16)1-7(17)5-18-12/h1-3,5H,17H2,(H,18,19). The zero-order valence-corrected chi connectivity index (χ0v) is 11.7. The summed E-state index contributed by atoms with van der Waals surface area (Å²) in [7, 11) is 0. The van der Waals surface area contributed by atoms with Gasteiger partial charge < -0.3 is 11.1 Å². The van der Waals surface area contributed by atoms with E-state index in [9.17, 15) is 0 Å². The lowest BCUT2D eigenvalue weighted by atomic mass is 10.2. The molecule has 1 aromatic carbocycles. The van der Waals surface area contributed by atoms with E-state index < -0.39 is 0 Å². The number of nitrogens with one attached hydrogen (secondary N) is 1. The molecular weight excluding hydrogens is 307 g/mol. The Morgan fingerprint density at radius 2 is 1.79 bits per heavy atom. The number of benzene rings is 1. The lowest BCUT2D eigenvalue weighted by Crippen LogP contribution is -1.99. The Kier molecular flexibility index (Phi) is 4.01. The number of rotatable bonds is 2. The second kappa shape index (κ2) is 5.54. The topological polar surface area (TPSA) is 74.7 Å². The van der Waals surface area contributed by atoms with E-state index in [1.165, 1.54) is 18.3 Å². The van der Waals surface area contributed by atoms with Gasteiger partial charge in [0.05, 0.1) is 38.2 Å². The van der Waals surface area contributed by atoms with Crippen LogP contribution in [-0.4, -0.2) is 4.98 Å². The normalized spacial score (nSPS) is 10.0. The number of nitriles is 1. The number of anilines is 3. The molecule has 0 saturated heterocycles. The summed E-state index contributed by atoms with van der Waals surface area (Å²) in [6, 6.07) is 6.58. The first-order chi connectivity index (χ1) is 9.01. The van der Waals surface area contributed by atoms with Gasteiger partial charge in [-0.05, 0) is 18.2 Å². The molecule has 0 atom stereocenters. The number of aromatic nitrogens is 1. The quantitative estimate of drug-likeness (QED) is 0.813. The van der Waals surface area contributed by atoms with E-state index in [-0.39, 0.29) is 0 Å². The average molecular weight is 314 g/mol. The number of hydrogen-bond donors (Lipinski definition) is 2. The average Bonchev–Trinajstić information content (AvgIpc) is 2.37. The molecule has 4 nitrogen and oxygen atoms in total. The fraction of sp³-hybridized carbons (Fsp3) is 0. The molecule has 2 aromatic rings. The molecule has 7 heteroatoms. The van der Waals surface area contributed by atoms with E-state index in [4.69, 9.17) is 45.8 Å². The fourth-order valence-electron chi connectivity index (χ4n) is 1.41. The Morgan fingerprint density at radius 1 is 1.11 bits per heavy atom. The van der Waals surface area contributed by atoms with Gasteiger partial charge in [-0.1, -0.05) is 34.8 Å². The van der Waals surface area contributed by atoms with Gasteiger partial charge in [0, 0.05) is 0 Å². The predicted molar refractivity (Wildman–Crippen MR) is 78.1 cm³/mol. The number of hydrogen-bond acceptors (Lipinski definition) is 4. The van der Waals surface area contributed by atoms with Crippen LogP contribution in [0.25, 0.3) is 0 Å². The van der Waals surface area contributed by atoms with Crippen molar-refractivity contribution < 1.29 is 0 Å². The van der Waals surface area contributed by atoms with Gasteiger partial charge in [0.15, 0.2) is 0 Å². The van der Waals surface area contributed by atoms with Crippen LogP contribution in [0.4, 0.5) is 17.2 Å². The van der Waals surface area contributed by atoms with Crippen LogP contribution in [0.15, 0.2) is 24.4 Å². The monoisotopic (exact) mass is 312 g/mol. The Bertz CT molecular complexity index is 679. The molecule has 0 fully saturated rings. The highest BCUT2D eigenvalue weighted by Crippen LogP contribution is 2.34. The van der Waals surface area contributed by atoms with E-state index >= 15 is 0 Å². The number of pyridine rings is 1. The molecule has 0 spiro atoms. The number of halogens is 3. The van der Waals surface area contributed by atoms with Gasteiger partial charge in [-0.25, -0.2) is 4.98 Å². The minimum absolute atomic E-state index is 0.308. The van der Waals surface area contributed by atoms with Crippen LogP contribution in [0.3, 0.4) is 0 Å². The molecule has 0 amide bonds. The first kappa shape index (κ1) is 13.8. The lowest BCUT2D eigenvalue weighted by Gasteiger charge is -2.10. The third-order valence-corrected chi connectivity index (χ3v) is 3.33. The van der Waals surface area contributed by atoms with E-state index in [0.717, 1.165) is 0 Å². The minimum atomic E-state index is 0.308. The smallest absolute Gasteiger partial charge is 0.148 e. The van der Waals surface area contributed by atoms with Crippen molar-refractivity contribution in [3.8, 4) is 6.07 Å². The van der Waals surface area contributed by atoms with E-state index in [1.54, 1.807) is 6.07 Å². The number of nitrogens with zero attached hydrogens (tertiary/aromatic N) is 2. The molecule has 96 valence electrons. The number of nitrogens with two attached hydrogens (primary N) is 1. The van der Waals surface area contributed by atoms with Gasteiger partial charge >= 0.3 is 0 Å². The maximum atomic E-state index is 9.02. The van der Waals surface area contributed by atoms with Crippen LogP contribution in [-0.2, 0) is 0 Å². The van der Waals surface area contributed by atoms with Crippen molar-refractivity contribution in [2.45, 2.75) is 0 Å². The predicted octanol–water partition coefficient (Wildman–Crippen LogP) is 4.24. The van der Waals surface area contributed by atoms with Gasteiger partial charge in [-0.3, -0.25) is 0 Å². The third kappa shape index (κ3) is 3.02. The van der Waals surface area contributed by atoms with Crippen LogP contribution in [0.5, 0.6) is 0 Å². The summed E-state index contributed by atoms with van der Waals surface area (Å²) in [5.74, 6) is 0.344. The van der Waals surface area contributed by atoms with Crippen molar-refractivity contribution in [3.05, 3.63) is 45.0 Å². The summed E-state index contributed by atoms with van der Waals surface area (Å²) in [4.78, 5) is 4.04. The van der Waals surface area contributed by atoms with Gasteiger partial charge in [0.2, 0.25) is 0 Å². The SMILES string of the molecule is N#Cc1cc(N)cnc1Nc1cc(Cl)c(Cl)cc1Cl. The van der Waals surface area contributed by atoms with Gasteiger partial charge in [0.25, 0.3) is 0 Å². The summed E-state index contributed by atoms with van der Waals surface area (Å²) in [6.45, 7) is 0. The molecule has 2 rings (SSSR count). The zero-order valence-electron chi connectivity index (χ0n) is 9.42. The molecular formula is C12H7Cl3N4. The summed E-state index contributed by atoms with van der Waals surface area (Å²) in [6.07, 6.45) is 1.44. The Balaban J connectivity index is 2.42. The van der Waals surface area contributed by atoms with Gasteiger partial charge in [0.1, 0.15) is 11.9 Å². The molecule has 0 unspecified atom stereocenters. The highest BCUT2D eigenvalue weighted by atomic mass is 35.5. The Hall–Kier alpha value is -1.67. The second-order valence-corrected chi connectivity index (χ2v) is 4.87. The highest BCUT2D eigenvalue weighted by Gasteiger charge is 2.10. The first-order valence-corrected chi connectivity index (χ1v) is 6.22. The van der Waals surface area contributed by atoms with Crippen molar-refractivity contribution in [3.63, 3.8) is 0 Å². The van der Waals surface area contributed by atoms with E-state index in [0.29, 0.717) is 37.8 Å². The maximum absolute atomic E-state index is 9.02. The van der Waals surface area contributed by atoms with Crippen molar-refractivity contribution in [1.82, 2.24) is 4.98 Å². The Labute approximate surface area is 124 Å². The first-order valence-electron chi connectivity index (χ1n) is 5.08. The molecule has 3 N–H and O–H groups in total.